The van der Waals surface area contributed by atoms with Crippen molar-refractivity contribution in [1.82, 2.24) is 10.6 Å². The van der Waals surface area contributed by atoms with Gasteiger partial charge in [-0.05, 0) is 37.1 Å². The fourth-order valence-corrected chi connectivity index (χ4v) is 2.20. The van der Waals surface area contributed by atoms with Crippen LogP contribution in [0.4, 0.5) is 4.79 Å². The number of furan rings is 1. The Morgan fingerprint density at radius 1 is 1.00 bits per heavy atom. The van der Waals surface area contributed by atoms with Gasteiger partial charge in [-0.2, -0.15) is 0 Å². The molecule has 128 valence electrons. The highest BCUT2D eigenvalue weighted by Gasteiger charge is 2.26. The molecule has 2 aromatic rings. The highest BCUT2D eigenvalue weighted by molar-refractivity contribution is 5.86. The van der Waals surface area contributed by atoms with E-state index in [1.165, 1.54) is 0 Å². The summed E-state index contributed by atoms with van der Waals surface area (Å²) in [6.45, 7) is 5.52. The fraction of sp³-hybridized carbons (Fsp3) is 0.333. The molecule has 1 aromatic carbocycles. The average Bonchev–Trinajstić information content (AvgIpc) is 3.07. The lowest BCUT2D eigenvalue weighted by Crippen LogP contribution is -2.50. The molecule has 0 saturated carbocycles. The summed E-state index contributed by atoms with van der Waals surface area (Å²) >= 11 is 0. The SMILES string of the molecule is CC(NC(=O)[C@@H](NC(=O)Oc1ccccc1)C(C)C)c1ccco1. The smallest absolute Gasteiger partial charge is 0.413 e. The molecule has 1 heterocycles. The zero-order chi connectivity index (χ0) is 17.5. The molecule has 2 N–H and O–H groups in total. The Bertz CT molecular complexity index is 653. The van der Waals surface area contributed by atoms with Crippen LogP contribution in [-0.4, -0.2) is 18.0 Å². The van der Waals surface area contributed by atoms with E-state index < -0.39 is 12.1 Å². The monoisotopic (exact) mass is 330 g/mol. The maximum atomic E-state index is 12.5. The second kappa shape index (κ2) is 8.19. The molecule has 0 spiro atoms. The van der Waals surface area contributed by atoms with Gasteiger partial charge >= 0.3 is 6.09 Å². The minimum Gasteiger partial charge on any atom is -0.467 e. The number of para-hydroxylation sites is 1. The van der Waals surface area contributed by atoms with E-state index in [0.29, 0.717) is 11.5 Å². The molecule has 0 saturated heterocycles. The van der Waals surface area contributed by atoms with E-state index in [2.05, 4.69) is 10.6 Å². The predicted octanol–water partition coefficient (Wildman–Crippen LogP) is 3.27. The van der Waals surface area contributed by atoms with Gasteiger partial charge in [0, 0.05) is 0 Å². The van der Waals surface area contributed by atoms with Crippen molar-refractivity contribution in [1.29, 1.82) is 0 Å². The van der Waals surface area contributed by atoms with Gasteiger partial charge in [-0.1, -0.05) is 32.0 Å². The highest BCUT2D eigenvalue weighted by Crippen LogP contribution is 2.14. The van der Waals surface area contributed by atoms with Crippen LogP contribution in [0.1, 0.15) is 32.6 Å². The van der Waals surface area contributed by atoms with E-state index in [-0.39, 0.29) is 17.9 Å². The van der Waals surface area contributed by atoms with Crippen LogP contribution < -0.4 is 15.4 Å². The molecule has 0 aliphatic heterocycles. The van der Waals surface area contributed by atoms with Crippen molar-refractivity contribution >= 4 is 12.0 Å². The zero-order valence-corrected chi connectivity index (χ0v) is 14.0. The van der Waals surface area contributed by atoms with Crippen LogP contribution in [0.5, 0.6) is 5.75 Å². The first-order valence-corrected chi connectivity index (χ1v) is 7.84. The van der Waals surface area contributed by atoms with Gasteiger partial charge in [0.2, 0.25) is 5.91 Å². The number of nitrogens with one attached hydrogen (secondary N) is 2. The van der Waals surface area contributed by atoms with Crippen molar-refractivity contribution in [2.45, 2.75) is 32.9 Å². The molecular formula is C18H22N2O4. The largest absolute Gasteiger partial charge is 0.467 e. The molecule has 1 aromatic heterocycles. The third kappa shape index (κ3) is 4.87. The van der Waals surface area contributed by atoms with Crippen molar-refractivity contribution in [2.24, 2.45) is 5.92 Å². The quantitative estimate of drug-likeness (QED) is 0.852. The molecule has 2 rings (SSSR count). The normalized spacial score (nSPS) is 13.2. The number of hydrogen-bond donors (Lipinski definition) is 2. The number of amides is 2. The molecule has 2 amide bonds. The molecule has 24 heavy (non-hydrogen) atoms. The van der Waals surface area contributed by atoms with E-state index in [1.54, 1.807) is 42.7 Å². The van der Waals surface area contributed by atoms with Crippen LogP contribution >= 0.6 is 0 Å². The number of benzene rings is 1. The van der Waals surface area contributed by atoms with E-state index >= 15 is 0 Å². The van der Waals surface area contributed by atoms with Crippen molar-refractivity contribution < 1.29 is 18.7 Å². The van der Waals surface area contributed by atoms with Crippen LogP contribution in [-0.2, 0) is 4.79 Å². The summed E-state index contributed by atoms with van der Waals surface area (Å²) in [6.07, 6.45) is 0.883. The Morgan fingerprint density at radius 3 is 2.29 bits per heavy atom. The van der Waals surface area contributed by atoms with Crippen LogP contribution in [0.25, 0.3) is 0 Å². The van der Waals surface area contributed by atoms with Crippen LogP contribution in [0.2, 0.25) is 0 Å². The second-order valence-corrected chi connectivity index (χ2v) is 5.81. The average molecular weight is 330 g/mol. The van der Waals surface area contributed by atoms with Gasteiger partial charge in [0.25, 0.3) is 0 Å². The summed E-state index contributed by atoms with van der Waals surface area (Å²) in [5, 5.41) is 5.44. The number of rotatable bonds is 6. The zero-order valence-electron chi connectivity index (χ0n) is 14.0. The Balaban J connectivity index is 1.95. The van der Waals surface area contributed by atoms with Crippen molar-refractivity contribution in [2.75, 3.05) is 0 Å². The molecule has 2 atom stereocenters. The Labute approximate surface area is 141 Å². The molecule has 1 unspecified atom stereocenters. The third-order valence-electron chi connectivity index (χ3n) is 3.50. The van der Waals surface area contributed by atoms with E-state index in [1.807, 2.05) is 26.8 Å². The first-order chi connectivity index (χ1) is 11.5. The lowest BCUT2D eigenvalue weighted by Gasteiger charge is -2.23. The van der Waals surface area contributed by atoms with E-state index in [0.717, 1.165) is 0 Å². The Morgan fingerprint density at radius 2 is 1.71 bits per heavy atom. The highest BCUT2D eigenvalue weighted by atomic mass is 16.6. The van der Waals surface area contributed by atoms with Gasteiger partial charge in [-0.15, -0.1) is 0 Å². The topological polar surface area (TPSA) is 80.6 Å². The van der Waals surface area contributed by atoms with E-state index in [9.17, 15) is 9.59 Å². The lowest BCUT2D eigenvalue weighted by molar-refractivity contribution is -0.124. The standard InChI is InChI=1S/C18H22N2O4/c1-12(2)16(17(21)19-13(3)15-10-7-11-23-15)20-18(22)24-14-8-5-4-6-9-14/h4-13,16H,1-3H3,(H,19,21)(H,20,22)/t13?,16-/m0/s1. The third-order valence-corrected chi connectivity index (χ3v) is 3.50. The molecule has 0 radical (unpaired) electrons. The Kier molecular flexibility index (Phi) is 6.01. The molecule has 0 bridgehead atoms. The second-order valence-electron chi connectivity index (χ2n) is 5.81. The predicted molar refractivity (Wildman–Crippen MR) is 89.5 cm³/mol. The first-order valence-electron chi connectivity index (χ1n) is 7.84. The molecule has 0 aliphatic carbocycles. The maximum absolute atomic E-state index is 12.5. The molecular weight excluding hydrogens is 308 g/mol. The number of hydrogen-bond acceptors (Lipinski definition) is 4. The van der Waals surface area contributed by atoms with Gasteiger partial charge in [0.05, 0.1) is 12.3 Å². The van der Waals surface area contributed by atoms with Crippen molar-refractivity contribution in [3.8, 4) is 5.75 Å². The van der Waals surface area contributed by atoms with Crippen molar-refractivity contribution in [3.05, 3.63) is 54.5 Å². The number of carbonyl (C=O) groups excluding carboxylic acids is 2. The summed E-state index contributed by atoms with van der Waals surface area (Å²) in [4.78, 5) is 24.5. The molecule has 6 nitrogen and oxygen atoms in total. The first kappa shape index (κ1) is 17.6. The van der Waals surface area contributed by atoms with Gasteiger partial charge in [-0.3, -0.25) is 4.79 Å². The lowest BCUT2D eigenvalue weighted by atomic mass is 10.0. The van der Waals surface area contributed by atoms with E-state index in [4.69, 9.17) is 9.15 Å². The molecule has 6 heteroatoms. The van der Waals surface area contributed by atoms with Crippen LogP contribution in [0.3, 0.4) is 0 Å². The number of carbonyl (C=O) groups is 2. The summed E-state index contributed by atoms with van der Waals surface area (Å²) in [7, 11) is 0. The van der Waals surface area contributed by atoms with Crippen molar-refractivity contribution in [3.63, 3.8) is 0 Å². The summed E-state index contributed by atoms with van der Waals surface area (Å²) in [5.74, 6) is 0.677. The van der Waals surface area contributed by atoms with Gasteiger partial charge in [0.15, 0.2) is 0 Å². The molecule has 0 fully saturated rings. The van der Waals surface area contributed by atoms with Crippen LogP contribution in [0, 0.1) is 5.92 Å². The minimum absolute atomic E-state index is 0.0999. The van der Waals surface area contributed by atoms with Gasteiger partial charge in [0.1, 0.15) is 17.6 Å². The van der Waals surface area contributed by atoms with Gasteiger partial charge < -0.3 is 19.8 Å². The fourth-order valence-electron chi connectivity index (χ4n) is 2.20. The molecule has 0 aliphatic rings. The Hall–Kier alpha value is -2.76. The van der Waals surface area contributed by atoms with Crippen LogP contribution in [0.15, 0.2) is 53.1 Å². The maximum Gasteiger partial charge on any atom is 0.413 e. The summed E-state index contributed by atoms with van der Waals surface area (Å²) in [6, 6.07) is 11.2. The summed E-state index contributed by atoms with van der Waals surface area (Å²) in [5.41, 5.74) is 0. The van der Waals surface area contributed by atoms with Gasteiger partial charge in [-0.25, -0.2) is 4.79 Å². The number of ether oxygens (including phenoxy) is 1. The minimum atomic E-state index is -0.710. The summed E-state index contributed by atoms with van der Waals surface area (Å²) < 4.78 is 10.4.